The highest BCUT2D eigenvalue weighted by atomic mass is 35.5. The monoisotopic (exact) mass is 380 g/mol. The first kappa shape index (κ1) is 19.3. The zero-order chi connectivity index (χ0) is 18.5. The summed E-state index contributed by atoms with van der Waals surface area (Å²) >= 11 is 6.24. The number of ether oxygens (including phenoxy) is 2. The van der Waals surface area contributed by atoms with Crippen molar-refractivity contribution < 1.29 is 14.3 Å². The molecule has 6 heteroatoms. The Morgan fingerprint density at radius 3 is 2.77 bits per heavy atom. The maximum absolute atomic E-state index is 11.9. The molecule has 0 aromatic heterocycles. The minimum Gasteiger partial charge on any atom is -0.493 e. The highest BCUT2D eigenvalue weighted by molar-refractivity contribution is 6.30. The van der Waals surface area contributed by atoms with Crippen LogP contribution in [0.15, 0.2) is 12.1 Å². The molecule has 3 rings (SSSR count). The van der Waals surface area contributed by atoms with Crippen LogP contribution in [0.2, 0.25) is 5.02 Å². The Balaban J connectivity index is 1.56. The fraction of sp³-hybridized carbons (Fsp3) is 0.650. The van der Waals surface area contributed by atoms with Crippen molar-refractivity contribution in [1.29, 1.82) is 0 Å². The first-order valence-corrected chi connectivity index (χ1v) is 9.89. The van der Waals surface area contributed by atoms with Gasteiger partial charge in [0.1, 0.15) is 0 Å². The predicted octanol–water partition coefficient (Wildman–Crippen LogP) is 3.63. The van der Waals surface area contributed by atoms with E-state index in [1.54, 1.807) is 20.3 Å². The molecule has 2 aliphatic rings. The molecular weight excluding hydrogens is 352 g/mol. The molecule has 1 saturated carbocycles. The molecule has 1 N–H and O–H groups in total. The van der Waals surface area contributed by atoms with Gasteiger partial charge in [0, 0.05) is 42.2 Å². The van der Waals surface area contributed by atoms with Gasteiger partial charge in [0.25, 0.3) is 0 Å². The molecule has 1 aliphatic carbocycles. The number of hydrogen-bond donors (Lipinski definition) is 1. The molecule has 1 heterocycles. The van der Waals surface area contributed by atoms with E-state index in [4.69, 9.17) is 21.1 Å². The van der Waals surface area contributed by atoms with Gasteiger partial charge in [-0.25, -0.2) is 0 Å². The van der Waals surface area contributed by atoms with E-state index in [0.29, 0.717) is 29.2 Å². The standard InChI is InChI=1S/C20H29ClN2O3/c1-25-18-11-16(21)10-15(20(18)26-2)13-23-9-3-4-14(12-23)5-8-19(24)22-17-6-7-17/h10-11,14,17H,3-9,12-13H2,1-2H3,(H,22,24)/t14-/m1/s1. The van der Waals surface area contributed by atoms with E-state index in [-0.39, 0.29) is 5.91 Å². The van der Waals surface area contributed by atoms with E-state index in [9.17, 15) is 4.79 Å². The number of benzene rings is 1. The zero-order valence-electron chi connectivity index (χ0n) is 15.7. The Kier molecular flexibility index (Phi) is 6.65. The predicted molar refractivity (Wildman–Crippen MR) is 103 cm³/mol. The number of nitrogens with zero attached hydrogens (tertiary/aromatic N) is 1. The first-order chi connectivity index (χ1) is 12.6. The summed E-state index contributed by atoms with van der Waals surface area (Å²) in [6.45, 7) is 2.85. The van der Waals surface area contributed by atoms with Gasteiger partial charge in [-0.1, -0.05) is 11.6 Å². The Bertz CT molecular complexity index is 634. The number of nitrogens with one attached hydrogen (secondary N) is 1. The minimum atomic E-state index is 0.214. The van der Waals surface area contributed by atoms with Gasteiger partial charge in [0.2, 0.25) is 5.91 Å². The van der Waals surface area contributed by atoms with Crippen LogP contribution in [-0.4, -0.2) is 44.2 Å². The molecule has 5 nitrogen and oxygen atoms in total. The first-order valence-electron chi connectivity index (χ1n) is 9.51. The lowest BCUT2D eigenvalue weighted by atomic mass is 9.93. The van der Waals surface area contributed by atoms with Crippen LogP contribution >= 0.6 is 11.6 Å². The number of amides is 1. The van der Waals surface area contributed by atoms with Crippen LogP contribution in [0.4, 0.5) is 0 Å². The average Bonchev–Trinajstić information content (AvgIpc) is 3.44. The van der Waals surface area contributed by atoms with Crippen molar-refractivity contribution in [3.05, 3.63) is 22.7 Å². The smallest absolute Gasteiger partial charge is 0.220 e. The van der Waals surface area contributed by atoms with Crippen LogP contribution in [0.25, 0.3) is 0 Å². The summed E-state index contributed by atoms with van der Waals surface area (Å²) in [5.41, 5.74) is 1.05. The maximum Gasteiger partial charge on any atom is 0.220 e. The van der Waals surface area contributed by atoms with Gasteiger partial charge in [-0.15, -0.1) is 0 Å². The molecule has 0 spiro atoms. The second kappa shape index (κ2) is 8.96. The van der Waals surface area contributed by atoms with E-state index < -0.39 is 0 Å². The third-order valence-electron chi connectivity index (χ3n) is 5.24. The van der Waals surface area contributed by atoms with E-state index >= 15 is 0 Å². The van der Waals surface area contributed by atoms with Crippen molar-refractivity contribution in [2.75, 3.05) is 27.3 Å². The van der Waals surface area contributed by atoms with E-state index in [0.717, 1.165) is 56.6 Å². The lowest BCUT2D eigenvalue weighted by Crippen LogP contribution is -2.35. The maximum atomic E-state index is 11.9. The topological polar surface area (TPSA) is 50.8 Å². The molecular formula is C20H29ClN2O3. The van der Waals surface area contributed by atoms with Crippen molar-refractivity contribution in [2.45, 2.75) is 51.1 Å². The molecule has 1 atom stereocenters. The fourth-order valence-electron chi connectivity index (χ4n) is 3.76. The van der Waals surface area contributed by atoms with Crippen molar-refractivity contribution in [3.63, 3.8) is 0 Å². The second-order valence-electron chi connectivity index (χ2n) is 7.42. The van der Waals surface area contributed by atoms with E-state index in [2.05, 4.69) is 10.2 Å². The van der Waals surface area contributed by atoms with Gasteiger partial charge in [0.15, 0.2) is 11.5 Å². The SMILES string of the molecule is COc1cc(Cl)cc(CN2CCC[C@H](CCC(=O)NC3CC3)C2)c1OC. The quantitative estimate of drug-likeness (QED) is 0.748. The lowest BCUT2D eigenvalue weighted by molar-refractivity contribution is -0.121. The number of carbonyl (C=O) groups is 1. The minimum absolute atomic E-state index is 0.214. The van der Waals surface area contributed by atoms with Crippen molar-refractivity contribution in [1.82, 2.24) is 10.2 Å². The van der Waals surface area contributed by atoms with Gasteiger partial charge < -0.3 is 14.8 Å². The molecule has 2 fully saturated rings. The Hall–Kier alpha value is -1.46. The third kappa shape index (κ3) is 5.27. The summed E-state index contributed by atoms with van der Waals surface area (Å²) in [5.74, 6) is 2.20. The fourth-order valence-corrected chi connectivity index (χ4v) is 3.99. The highest BCUT2D eigenvalue weighted by Crippen LogP contribution is 2.36. The summed E-state index contributed by atoms with van der Waals surface area (Å²) in [7, 11) is 3.29. The number of hydrogen-bond acceptors (Lipinski definition) is 4. The van der Waals surface area contributed by atoms with Gasteiger partial charge in [-0.05, 0) is 50.6 Å². The molecule has 1 aromatic rings. The molecule has 0 unspecified atom stereocenters. The third-order valence-corrected chi connectivity index (χ3v) is 5.46. The number of methoxy groups -OCH3 is 2. The number of likely N-dealkylation sites (tertiary alicyclic amines) is 1. The highest BCUT2D eigenvalue weighted by Gasteiger charge is 2.25. The van der Waals surface area contributed by atoms with Crippen LogP contribution in [0.5, 0.6) is 11.5 Å². The molecule has 26 heavy (non-hydrogen) atoms. The summed E-state index contributed by atoms with van der Waals surface area (Å²) in [4.78, 5) is 14.4. The van der Waals surface area contributed by atoms with Gasteiger partial charge in [-0.2, -0.15) is 0 Å². The molecule has 1 amide bonds. The summed E-state index contributed by atoms with van der Waals surface area (Å²) in [6.07, 6.45) is 6.26. The van der Waals surface area contributed by atoms with Crippen molar-refractivity contribution in [3.8, 4) is 11.5 Å². The van der Waals surface area contributed by atoms with Crippen molar-refractivity contribution >= 4 is 17.5 Å². The van der Waals surface area contributed by atoms with Gasteiger partial charge in [-0.3, -0.25) is 9.69 Å². The van der Waals surface area contributed by atoms with Crippen LogP contribution < -0.4 is 14.8 Å². The second-order valence-corrected chi connectivity index (χ2v) is 7.86. The number of halogens is 1. The summed E-state index contributed by atoms with van der Waals surface area (Å²) in [6, 6.07) is 4.19. The van der Waals surface area contributed by atoms with Crippen LogP contribution in [0.1, 0.15) is 44.1 Å². The van der Waals surface area contributed by atoms with Crippen LogP contribution in [0.3, 0.4) is 0 Å². The zero-order valence-corrected chi connectivity index (χ0v) is 16.5. The number of carbonyl (C=O) groups excluding carboxylic acids is 1. The molecule has 144 valence electrons. The Labute approximate surface area is 161 Å². The lowest BCUT2D eigenvalue weighted by Gasteiger charge is -2.33. The number of piperidine rings is 1. The Morgan fingerprint density at radius 2 is 2.08 bits per heavy atom. The van der Waals surface area contributed by atoms with E-state index in [1.807, 2.05) is 6.07 Å². The molecule has 0 bridgehead atoms. The average molecular weight is 381 g/mol. The molecule has 1 aromatic carbocycles. The molecule has 1 saturated heterocycles. The largest absolute Gasteiger partial charge is 0.493 e. The summed E-state index contributed by atoms with van der Waals surface area (Å²) < 4.78 is 10.9. The normalized spacial score (nSPS) is 20.7. The van der Waals surface area contributed by atoms with E-state index in [1.165, 1.54) is 6.42 Å². The molecule has 1 aliphatic heterocycles. The Morgan fingerprint density at radius 1 is 1.27 bits per heavy atom. The summed E-state index contributed by atoms with van der Waals surface area (Å²) in [5, 5.41) is 3.74. The number of rotatable bonds is 8. The van der Waals surface area contributed by atoms with Crippen LogP contribution in [-0.2, 0) is 11.3 Å². The van der Waals surface area contributed by atoms with Gasteiger partial charge >= 0.3 is 0 Å². The van der Waals surface area contributed by atoms with Crippen molar-refractivity contribution in [2.24, 2.45) is 5.92 Å². The molecule has 0 radical (unpaired) electrons. The van der Waals surface area contributed by atoms with Gasteiger partial charge in [0.05, 0.1) is 14.2 Å². The van der Waals surface area contributed by atoms with Crippen LogP contribution in [0, 0.1) is 5.92 Å².